The summed E-state index contributed by atoms with van der Waals surface area (Å²) in [6, 6.07) is 1.39. The molecule has 0 spiro atoms. The van der Waals surface area contributed by atoms with Crippen LogP contribution in [-0.4, -0.2) is 75.4 Å². The normalized spacial score (nSPS) is 32.7. The molecule has 2 saturated heterocycles. The van der Waals surface area contributed by atoms with E-state index in [9.17, 15) is 0 Å². The summed E-state index contributed by atoms with van der Waals surface area (Å²) < 4.78 is 5.73. The lowest BCUT2D eigenvalue weighted by Gasteiger charge is -2.40. The first-order valence-electron chi connectivity index (χ1n) is 8.40. The zero-order valence-corrected chi connectivity index (χ0v) is 13.6. The Kier molecular flexibility index (Phi) is 6.75. The zero-order valence-electron chi connectivity index (χ0n) is 13.6. The Hall–Kier alpha value is -0.160. The van der Waals surface area contributed by atoms with Crippen molar-refractivity contribution in [3.05, 3.63) is 0 Å². The van der Waals surface area contributed by atoms with Gasteiger partial charge in [0.15, 0.2) is 0 Å². The first kappa shape index (κ1) is 16.2. The van der Waals surface area contributed by atoms with Crippen molar-refractivity contribution in [3.63, 3.8) is 0 Å². The van der Waals surface area contributed by atoms with Crippen LogP contribution in [-0.2, 0) is 4.74 Å². The van der Waals surface area contributed by atoms with Gasteiger partial charge in [0.2, 0.25) is 0 Å². The molecule has 118 valence electrons. The highest BCUT2D eigenvalue weighted by Gasteiger charge is 2.29. The van der Waals surface area contributed by atoms with Gasteiger partial charge in [0, 0.05) is 37.7 Å². The predicted octanol–water partition coefficient (Wildman–Crippen LogP) is 1.42. The van der Waals surface area contributed by atoms with Gasteiger partial charge in [0.25, 0.3) is 0 Å². The summed E-state index contributed by atoms with van der Waals surface area (Å²) in [5.74, 6) is 0.663. The van der Waals surface area contributed by atoms with E-state index in [1.54, 1.807) is 0 Å². The van der Waals surface area contributed by atoms with Gasteiger partial charge in [-0.05, 0) is 52.9 Å². The lowest BCUT2D eigenvalue weighted by molar-refractivity contribution is 0.00851. The van der Waals surface area contributed by atoms with Gasteiger partial charge in [-0.1, -0.05) is 6.92 Å². The quantitative estimate of drug-likeness (QED) is 0.798. The molecule has 0 aliphatic carbocycles. The van der Waals surface area contributed by atoms with E-state index in [0.29, 0.717) is 12.0 Å². The molecule has 4 heteroatoms. The smallest absolute Gasteiger partial charge is 0.0521 e. The Morgan fingerprint density at radius 1 is 1.30 bits per heavy atom. The van der Waals surface area contributed by atoms with Crippen molar-refractivity contribution < 1.29 is 4.74 Å². The maximum atomic E-state index is 5.73. The molecule has 0 aromatic rings. The van der Waals surface area contributed by atoms with Gasteiger partial charge in [0.05, 0.1) is 6.61 Å². The van der Waals surface area contributed by atoms with Gasteiger partial charge in [-0.15, -0.1) is 0 Å². The third-order valence-electron chi connectivity index (χ3n) is 4.83. The third kappa shape index (κ3) is 4.69. The van der Waals surface area contributed by atoms with Crippen LogP contribution in [0, 0.1) is 5.92 Å². The number of likely N-dealkylation sites (tertiary alicyclic amines) is 1. The molecule has 0 radical (unpaired) electrons. The Balaban J connectivity index is 1.83. The number of hydrogen-bond donors (Lipinski definition) is 1. The van der Waals surface area contributed by atoms with Crippen molar-refractivity contribution in [1.29, 1.82) is 0 Å². The van der Waals surface area contributed by atoms with Crippen LogP contribution in [0.15, 0.2) is 0 Å². The minimum absolute atomic E-state index is 0.656. The van der Waals surface area contributed by atoms with E-state index in [1.807, 2.05) is 0 Å². The van der Waals surface area contributed by atoms with Crippen molar-refractivity contribution in [1.82, 2.24) is 15.1 Å². The van der Waals surface area contributed by atoms with Gasteiger partial charge in [-0.3, -0.25) is 0 Å². The topological polar surface area (TPSA) is 27.7 Å². The molecule has 0 aromatic heterocycles. The molecule has 3 atom stereocenters. The fourth-order valence-electron chi connectivity index (χ4n) is 3.53. The second-order valence-electron chi connectivity index (χ2n) is 6.70. The first-order chi connectivity index (χ1) is 9.70. The zero-order chi connectivity index (χ0) is 14.4. The summed E-state index contributed by atoms with van der Waals surface area (Å²) >= 11 is 0. The molecule has 3 unspecified atom stereocenters. The molecule has 2 fully saturated rings. The van der Waals surface area contributed by atoms with E-state index in [1.165, 1.54) is 45.3 Å². The van der Waals surface area contributed by atoms with Crippen LogP contribution in [0.25, 0.3) is 0 Å². The lowest BCUT2D eigenvalue weighted by atomic mass is 9.93. The number of ether oxygens (including phenoxy) is 1. The van der Waals surface area contributed by atoms with Crippen LogP contribution in [0.3, 0.4) is 0 Å². The molecule has 20 heavy (non-hydrogen) atoms. The highest BCUT2D eigenvalue weighted by Crippen LogP contribution is 2.20. The monoisotopic (exact) mass is 283 g/mol. The maximum absolute atomic E-state index is 5.73. The minimum Gasteiger partial charge on any atom is -0.381 e. The molecule has 0 bridgehead atoms. The van der Waals surface area contributed by atoms with E-state index in [0.717, 1.165) is 25.8 Å². The van der Waals surface area contributed by atoms with E-state index < -0.39 is 0 Å². The second-order valence-corrected chi connectivity index (χ2v) is 6.70. The number of hydrogen-bond acceptors (Lipinski definition) is 4. The SMILES string of the molecule is CCCNC1CCOCC1CN1CCCC(N(C)C)C1. The highest BCUT2D eigenvalue weighted by atomic mass is 16.5. The van der Waals surface area contributed by atoms with E-state index in [2.05, 4.69) is 36.1 Å². The number of piperidine rings is 1. The van der Waals surface area contributed by atoms with Crippen LogP contribution < -0.4 is 5.32 Å². The lowest BCUT2D eigenvalue weighted by Crippen LogP contribution is -2.52. The van der Waals surface area contributed by atoms with E-state index >= 15 is 0 Å². The standard InChI is InChI=1S/C16H33N3O/c1-4-8-17-16-7-10-20-13-14(16)11-19-9-5-6-15(12-19)18(2)3/h14-17H,4-13H2,1-3H3. The van der Waals surface area contributed by atoms with Crippen molar-refractivity contribution in [2.75, 3.05) is 53.5 Å². The van der Waals surface area contributed by atoms with Crippen molar-refractivity contribution in [2.45, 2.75) is 44.7 Å². The van der Waals surface area contributed by atoms with Gasteiger partial charge in [-0.25, -0.2) is 0 Å². The number of rotatable bonds is 6. The fraction of sp³-hybridized carbons (Fsp3) is 1.00. The third-order valence-corrected chi connectivity index (χ3v) is 4.83. The Bertz CT molecular complexity index is 272. The maximum Gasteiger partial charge on any atom is 0.0521 e. The summed E-state index contributed by atoms with van der Waals surface area (Å²) in [6.07, 6.45) is 5.08. The molecule has 4 nitrogen and oxygen atoms in total. The second kappa shape index (κ2) is 8.32. The summed E-state index contributed by atoms with van der Waals surface area (Å²) in [5.41, 5.74) is 0. The number of nitrogens with zero attached hydrogens (tertiary/aromatic N) is 2. The van der Waals surface area contributed by atoms with E-state index in [4.69, 9.17) is 4.74 Å². The van der Waals surface area contributed by atoms with Crippen LogP contribution in [0.2, 0.25) is 0 Å². The summed E-state index contributed by atoms with van der Waals surface area (Å²) in [7, 11) is 4.42. The molecule has 1 N–H and O–H groups in total. The van der Waals surface area contributed by atoms with E-state index in [-0.39, 0.29) is 0 Å². The largest absolute Gasteiger partial charge is 0.381 e. The molecule has 2 heterocycles. The molecule has 0 amide bonds. The average molecular weight is 283 g/mol. The molecular formula is C16H33N3O. The van der Waals surface area contributed by atoms with Crippen LogP contribution in [0.5, 0.6) is 0 Å². The highest BCUT2D eigenvalue weighted by molar-refractivity contribution is 4.85. The molecular weight excluding hydrogens is 250 g/mol. The van der Waals surface area contributed by atoms with Crippen molar-refractivity contribution >= 4 is 0 Å². The summed E-state index contributed by atoms with van der Waals surface area (Å²) in [4.78, 5) is 5.05. The number of nitrogens with one attached hydrogen (secondary N) is 1. The summed E-state index contributed by atoms with van der Waals surface area (Å²) in [5, 5.41) is 3.73. The van der Waals surface area contributed by atoms with Gasteiger partial charge >= 0.3 is 0 Å². The van der Waals surface area contributed by atoms with Crippen LogP contribution in [0.1, 0.15) is 32.6 Å². The van der Waals surface area contributed by atoms with Crippen molar-refractivity contribution in [3.8, 4) is 0 Å². The van der Waals surface area contributed by atoms with Crippen molar-refractivity contribution in [2.24, 2.45) is 5.92 Å². The Morgan fingerprint density at radius 3 is 2.90 bits per heavy atom. The van der Waals surface area contributed by atoms with Crippen LogP contribution >= 0.6 is 0 Å². The fourth-order valence-corrected chi connectivity index (χ4v) is 3.53. The van der Waals surface area contributed by atoms with Gasteiger partial charge < -0.3 is 19.9 Å². The molecule has 0 aromatic carbocycles. The first-order valence-corrected chi connectivity index (χ1v) is 8.40. The molecule has 2 rings (SSSR count). The number of likely N-dealkylation sites (N-methyl/N-ethyl adjacent to an activating group) is 1. The molecule has 0 saturated carbocycles. The van der Waals surface area contributed by atoms with Crippen LogP contribution in [0.4, 0.5) is 0 Å². The predicted molar refractivity (Wildman–Crippen MR) is 84.2 cm³/mol. The molecule has 2 aliphatic rings. The molecule has 2 aliphatic heterocycles. The Labute approximate surface area is 124 Å². The average Bonchev–Trinajstić information content (AvgIpc) is 2.46. The van der Waals surface area contributed by atoms with Gasteiger partial charge in [0.1, 0.15) is 0 Å². The van der Waals surface area contributed by atoms with Gasteiger partial charge in [-0.2, -0.15) is 0 Å². The Morgan fingerprint density at radius 2 is 2.15 bits per heavy atom. The minimum atomic E-state index is 0.656. The summed E-state index contributed by atoms with van der Waals surface area (Å²) in [6.45, 7) is 8.94.